The first-order valence-electron chi connectivity index (χ1n) is 9.81. The minimum absolute atomic E-state index is 0.0818. The number of sulfonamides is 1. The molecule has 9 heteroatoms. The van der Waals surface area contributed by atoms with Crippen molar-refractivity contribution < 1.29 is 17.9 Å². The largest absolute Gasteiger partial charge is 0.493 e. The van der Waals surface area contributed by atoms with Crippen molar-refractivity contribution in [3.63, 3.8) is 0 Å². The van der Waals surface area contributed by atoms with Crippen molar-refractivity contribution in [2.45, 2.75) is 11.8 Å². The Kier molecular flexibility index (Phi) is 7.45. The van der Waals surface area contributed by atoms with Crippen LogP contribution in [0.25, 0.3) is 0 Å². The van der Waals surface area contributed by atoms with Crippen LogP contribution >= 0.6 is 12.2 Å². The van der Waals surface area contributed by atoms with Crippen LogP contribution < -0.4 is 19.7 Å². The van der Waals surface area contributed by atoms with Crippen LogP contribution in [-0.4, -0.2) is 33.1 Å². The highest BCUT2D eigenvalue weighted by atomic mass is 32.2. The number of thiocarbonyl (C=S) groups is 1. The second kappa shape index (κ2) is 10.3. The SMILES string of the molecule is CCOc1ccccc1C(=O)NC(=S)Nc1ccc(S(=O)(=O)N(C)c2ccccc2)cc1. The molecule has 3 aromatic rings. The lowest BCUT2D eigenvalue weighted by Gasteiger charge is -2.19. The molecule has 2 N–H and O–H groups in total. The van der Waals surface area contributed by atoms with Crippen molar-refractivity contribution in [3.05, 3.63) is 84.4 Å². The van der Waals surface area contributed by atoms with Gasteiger partial charge in [0.1, 0.15) is 5.75 Å². The molecular weight excluding hydrogens is 446 g/mol. The summed E-state index contributed by atoms with van der Waals surface area (Å²) in [5.74, 6) is 0.0580. The van der Waals surface area contributed by atoms with Gasteiger partial charge in [-0.05, 0) is 67.7 Å². The molecule has 0 fully saturated rings. The van der Waals surface area contributed by atoms with Gasteiger partial charge in [-0.2, -0.15) is 0 Å². The molecular formula is C23H23N3O4S2. The Morgan fingerprint density at radius 3 is 2.25 bits per heavy atom. The van der Waals surface area contributed by atoms with Gasteiger partial charge in [-0.25, -0.2) is 8.42 Å². The van der Waals surface area contributed by atoms with E-state index in [-0.39, 0.29) is 10.0 Å². The Bertz CT molecular complexity index is 1200. The normalized spacial score (nSPS) is 10.8. The number of benzene rings is 3. The number of carbonyl (C=O) groups is 1. The van der Waals surface area contributed by atoms with Gasteiger partial charge >= 0.3 is 0 Å². The van der Waals surface area contributed by atoms with Gasteiger partial charge in [0.05, 0.1) is 22.8 Å². The van der Waals surface area contributed by atoms with Crippen molar-refractivity contribution >= 4 is 44.6 Å². The van der Waals surface area contributed by atoms with Crippen molar-refractivity contribution in [3.8, 4) is 5.75 Å². The molecule has 0 bridgehead atoms. The Morgan fingerprint density at radius 1 is 0.969 bits per heavy atom. The highest BCUT2D eigenvalue weighted by Gasteiger charge is 2.21. The van der Waals surface area contributed by atoms with Gasteiger partial charge in [0.25, 0.3) is 15.9 Å². The fourth-order valence-corrected chi connectivity index (χ4v) is 4.32. The van der Waals surface area contributed by atoms with Crippen molar-refractivity contribution in [2.75, 3.05) is 23.3 Å². The number of nitrogens with one attached hydrogen (secondary N) is 2. The van der Waals surface area contributed by atoms with E-state index in [2.05, 4.69) is 10.6 Å². The lowest BCUT2D eigenvalue weighted by Crippen LogP contribution is -2.34. The number of ether oxygens (including phenoxy) is 1. The minimum atomic E-state index is -3.71. The highest BCUT2D eigenvalue weighted by molar-refractivity contribution is 7.92. The summed E-state index contributed by atoms with van der Waals surface area (Å²) in [4.78, 5) is 12.7. The fourth-order valence-electron chi connectivity index (χ4n) is 2.91. The maximum atomic E-state index is 12.9. The predicted octanol–water partition coefficient (Wildman–Crippen LogP) is 4.04. The lowest BCUT2D eigenvalue weighted by atomic mass is 10.2. The lowest BCUT2D eigenvalue weighted by molar-refractivity contribution is 0.0974. The van der Waals surface area contributed by atoms with Gasteiger partial charge in [-0.1, -0.05) is 30.3 Å². The van der Waals surface area contributed by atoms with Crippen LogP contribution in [0.4, 0.5) is 11.4 Å². The van der Waals surface area contributed by atoms with Gasteiger partial charge in [0, 0.05) is 12.7 Å². The molecule has 3 rings (SSSR count). The van der Waals surface area contributed by atoms with E-state index in [1.165, 1.54) is 23.5 Å². The van der Waals surface area contributed by atoms with Crippen molar-refractivity contribution in [1.29, 1.82) is 0 Å². The summed E-state index contributed by atoms with van der Waals surface area (Å²) < 4.78 is 32.4. The molecule has 0 radical (unpaired) electrons. The molecule has 166 valence electrons. The monoisotopic (exact) mass is 469 g/mol. The molecule has 32 heavy (non-hydrogen) atoms. The molecule has 0 saturated carbocycles. The first-order chi connectivity index (χ1) is 15.3. The Balaban J connectivity index is 1.67. The van der Waals surface area contributed by atoms with E-state index >= 15 is 0 Å². The third-order valence-electron chi connectivity index (χ3n) is 4.55. The zero-order valence-corrected chi connectivity index (χ0v) is 19.2. The van der Waals surface area contributed by atoms with Gasteiger partial charge < -0.3 is 10.1 Å². The summed E-state index contributed by atoms with van der Waals surface area (Å²) in [6.07, 6.45) is 0. The van der Waals surface area contributed by atoms with E-state index in [4.69, 9.17) is 17.0 Å². The highest BCUT2D eigenvalue weighted by Crippen LogP contribution is 2.23. The Labute approximate surface area is 193 Å². The third-order valence-corrected chi connectivity index (χ3v) is 6.55. The topological polar surface area (TPSA) is 87.7 Å². The van der Waals surface area contributed by atoms with Crippen LogP contribution in [0.5, 0.6) is 5.75 Å². The third kappa shape index (κ3) is 5.43. The van der Waals surface area contributed by atoms with Gasteiger partial charge in [0.2, 0.25) is 0 Å². The number of nitrogens with zero attached hydrogens (tertiary/aromatic N) is 1. The Morgan fingerprint density at radius 2 is 1.59 bits per heavy atom. The number of rotatable bonds is 7. The molecule has 0 spiro atoms. The summed E-state index contributed by atoms with van der Waals surface area (Å²) in [7, 11) is -2.21. The average Bonchev–Trinajstić information content (AvgIpc) is 2.80. The van der Waals surface area contributed by atoms with E-state index in [9.17, 15) is 13.2 Å². The maximum absolute atomic E-state index is 12.9. The van der Waals surface area contributed by atoms with E-state index in [0.717, 1.165) is 0 Å². The number of para-hydroxylation sites is 2. The van der Waals surface area contributed by atoms with E-state index in [1.807, 2.05) is 13.0 Å². The molecule has 0 atom stereocenters. The van der Waals surface area contributed by atoms with Crippen LogP contribution in [0.15, 0.2) is 83.8 Å². The van der Waals surface area contributed by atoms with Crippen LogP contribution in [0, 0.1) is 0 Å². The van der Waals surface area contributed by atoms with Gasteiger partial charge in [0.15, 0.2) is 5.11 Å². The Hall–Kier alpha value is -3.43. The van der Waals surface area contributed by atoms with E-state index < -0.39 is 15.9 Å². The first kappa shape index (κ1) is 23.2. The minimum Gasteiger partial charge on any atom is -0.493 e. The first-order valence-corrected chi connectivity index (χ1v) is 11.7. The van der Waals surface area contributed by atoms with Crippen LogP contribution in [-0.2, 0) is 10.0 Å². The van der Waals surface area contributed by atoms with E-state index in [1.54, 1.807) is 60.7 Å². The van der Waals surface area contributed by atoms with Gasteiger partial charge in [-0.3, -0.25) is 14.4 Å². The number of hydrogen-bond acceptors (Lipinski definition) is 5. The number of hydrogen-bond donors (Lipinski definition) is 2. The number of anilines is 2. The van der Waals surface area contributed by atoms with Crippen LogP contribution in [0.2, 0.25) is 0 Å². The predicted molar refractivity (Wildman–Crippen MR) is 130 cm³/mol. The molecule has 0 aliphatic heterocycles. The summed E-state index contributed by atoms with van der Waals surface area (Å²) in [6, 6.07) is 21.8. The number of amides is 1. The molecule has 7 nitrogen and oxygen atoms in total. The second-order valence-electron chi connectivity index (χ2n) is 6.67. The average molecular weight is 470 g/mol. The molecule has 0 aliphatic rings. The molecule has 0 heterocycles. The summed E-state index contributed by atoms with van der Waals surface area (Å²) >= 11 is 5.22. The summed E-state index contributed by atoms with van der Waals surface area (Å²) in [6.45, 7) is 2.27. The molecule has 0 aliphatic carbocycles. The smallest absolute Gasteiger partial charge is 0.264 e. The maximum Gasteiger partial charge on any atom is 0.264 e. The van der Waals surface area contributed by atoms with Crippen LogP contribution in [0.1, 0.15) is 17.3 Å². The standard InChI is InChI=1S/C23H23N3O4S2/c1-3-30-21-12-8-7-11-20(21)22(27)25-23(31)24-17-13-15-19(16-14-17)32(28,29)26(2)18-9-5-4-6-10-18/h4-16H,3H2,1-2H3,(H2,24,25,27,31). The summed E-state index contributed by atoms with van der Waals surface area (Å²) in [5.41, 5.74) is 1.46. The van der Waals surface area contributed by atoms with Crippen molar-refractivity contribution in [1.82, 2.24) is 5.32 Å². The quantitative estimate of drug-likeness (QED) is 0.508. The molecule has 1 amide bonds. The molecule has 3 aromatic carbocycles. The molecule has 0 aromatic heterocycles. The zero-order valence-electron chi connectivity index (χ0n) is 17.6. The molecule has 0 saturated heterocycles. The molecule has 0 unspecified atom stereocenters. The number of carbonyl (C=O) groups excluding carboxylic acids is 1. The second-order valence-corrected chi connectivity index (χ2v) is 9.05. The summed E-state index contributed by atoms with van der Waals surface area (Å²) in [5, 5.41) is 5.57. The van der Waals surface area contributed by atoms with Gasteiger partial charge in [-0.15, -0.1) is 0 Å². The fraction of sp³-hybridized carbons (Fsp3) is 0.130. The zero-order chi connectivity index (χ0) is 23.1. The van der Waals surface area contributed by atoms with E-state index in [0.29, 0.717) is 29.3 Å². The van der Waals surface area contributed by atoms with Crippen molar-refractivity contribution in [2.24, 2.45) is 0 Å². The van der Waals surface area contributed by atoms with Crippen LogP contribution in [0.3, 0.4) is 0 Å².